The van der Waals surface area contributed by atoms with Gasteiger partial charge in [-0.15, -0.1) is 0 Å². The fraction of sp³-hybridized carbons (Fsp3) is 0.767. The molecule has 0 bridgehead atoms. The molecule has 0 aromatic heterocycles. The second kappa shape index (κ2) is 57.6. The van der Waals surface area contributed by atoms with Crippen LogP contribution in [0.1, 0.15) is 59.8 Å². The van der Waals surface area contributed by atoms with Gasteiger partial charge in [-0.05, 0) is 98.6 Å². The lowest BCUT2D eigenvalue weighted by atomic mass is 10.2. The predicted octanol–water partition coefficient (Wildman–Crippen LogP) is 9.28. The Hall–Kier alpha value is -3.03. The van der Waals surface area contributed by atoms with E-state index in [4.69, 9.17) is 109 Å². The second-order valence-corrected chi connectivity index (χ2v) is 27.9. The Morgan fingerprint density at radius 3 is 1.13 bits per heavy atom. The first-order chi connectivity index (χ1) is 42.6. The van der Waals surface area contributed by atoms with Crippen LogP contribution in [0.4, 0.5) is 21.0 Å². The molecule has 25 nitrogen and oxygen atoms in total. The lowest BCUT2D eigenvalue weighted by molar-refractivity contribution is -0.0746. The molecule has 2 aromatic carbocycles. The molecule has 2 aliphatic heterocycles. The van der Waals surface area contributed by atoms with Crippen LogP contribution in [0.15, 0.2) is 48.5 Å². The molecule has 2 unspecified atom stereocenters. The van der Waals surface area contributed by atoms with Crippen molar-refractivity contribution < 1.29 is 108 Å². The summed E-state index contributed by atoms with van der Waals surface area (Å²) in [6.07, 6.45) is 4.93. The monoisotopic (exact) mass is 1350 g/mol. The molecule has 2 atom stereocenters. The summed E-state index contributed by atoms with van der Waals surface area (Å²) in [5, 5.41) is 5.44. The average Bonchev–Trinajstić information content (AvgIpc) is 3.66. The quantitative estimate of drug-likeness (QED) is 0.0437. The first-order valence-corrected chi connectivity index (χ1v) is 36.1. The Labute approximate surface area is 541 Å². The summed E-state index contributed by atoms with van der Waals surface area (Å²) < 4.78 is 116. The maximum absolute atomic E-state index is 12.4. The first-order valence-electron chi connectivity index (χ1n) is 30.0. The number of rotatable bonds is 29. The third-order valence-electron chi connectivity index (χ3n) is 12.7. The number of carbonyl (C=O) groups is 2. The summed E-state index contributed by atoms with van der Waals surface area (Å²) in [4.78, 5) is 24.8. The van der Waals surface area contributed by atoms with E-state index in [1.165, 1.54) is 0 Å². The first kappa shape index (κ1) is 84.0. The van der Waals surface area contributed by atoms with Gasteiger partial charge in [0.25, 0.3) is 0 Å². The lowest BCUT2D eigenvalue weighted by Gasteiger charge is -2.24. The highest BCUT2D eigenvalue weighted by Crippen LogP contribution is 2.22. The van der Waals surface area contributed by atoms with Crippen molar-refractivity contribution in [3.05, 3.63) is 48.5 Å². The molecule has 0 saturated carbocycles. The molecule has 2 N–H and O–H groups in total. The molecule has 0 radical (unpaired) electrons. The number of nitrogens with one attached hydrogen (secondary N) is 2. The Bertz CT molecular complexity index is 1890. The summed E-state index contributed by atoms with van der Waals surface area (Å²) in [5.74, 6) is 3.65. The van der Waals surface area contributed by atoms with Crippen LogP contribution in [0.2, 0.25) is 12.1 Å². The van der Waals surface area contributed by atoms with Crippen molar-refractivity contribution in [2.75, 3.05) is 229 Å². The molecule has 518 valence electrons. The minimum Gasteiger partial charge on any atom is -0.494 e. The van der Waals surface area contributed by atoms with Gasteiger partial charge >= 0.3 is 28.9 Å². The Kier molecular flexibility index (Phi) is 54.4. The van der Waals surface area contributed by atoms with Gasteiger partial charge in [-0.1, -0.05) is 32.4 Å². The normalized spacial score (nSPS) is 18.2. The molecule has 2 fully saturated rings. The Balaban J connectivity index is 0.000000876. The van der Waals surface area contributed by atoms with E-state index in [1.54, 1.807) is 71.9 Å². The molecule has 4 rings (SSSR count). The van der Waals surface area contributed by atoms with Crippen molar-refractivity contribution in [1.29, 1.82) is 0 Å². The van der Waals surface area contributed by atoms with E-state index < -0.39 is 41.1 Å². The number of thioether (sulfide) groups is 1. The van der Waals surface area contributed by atoms with E-state index in [2.05, 4.69) is 10.6 Å². The number of anilines is 2. The Morgan fingerprint density at radius 2 is 0.775 bits per heavy atom. The molecule has 2 aromatic rings. The van der Waals surface area contributed by atoms with E-state index in [0.29, 0.717) is 162 Å². The van der Waals surface area contributed by atoms with Crippen molar-refractivity contribution in [3.63, 3.8) is 0 Å². The van der Waals surface area contributed by atoms with Crippen LogP contribution in [0, 0.1) is 0 Å². The van der Waals surface area contributed by atoms with Gasteiger partial charge in [0.15, 0.2) is 0 Å². The molecule has 0 spiro atoms. The van der Waals surface area contributed by atoms with Gasteiger partial charge in [0, 0.05) is 59.0 Å². The van der Waals surface area contributed by atoms with E-state index in [0.717, 1.165) is 74.3 Å². The van der Waals surface area contributed by atoms with Crippen LogP contribution < -0.4 is 20.1 Å². The van der Waals surface area contributed by atoms with E-state index >= 15 is 0 Å². The number of hydrogen-bond acceptors (Lipinski definition) is 24. The van der Waals surface area contributed by atoms with Crippen molar-refractivity contribution >= 4 is 63.1 Å². The van der Waals surface area contributed by atoms with Gasteiger partial charge in [0.2, 0.25) is 0 Å². The van der Waals surface area contributed by atoms with Gasteiger partial charge in [-0.3, -0.25) is 10.6 Å². The molecule has 89 heavy (non-hydrogen) atoms. The maximum atomic E-state index is 12.4. The van der Waals surface area contributed by atoms with Crippen molar-refractivity contribution in [1.82, 2.24) is 0 Å². The summed E-state index contributed by atoms with van der Waals surface area (Å²) in [5.41, 5.74) is 1.19. The molecule has 2 amide bonds. The Morgan fingerprint density at radius 1 is 0.438 bits per heavy atom. The van der Waals surface area contributed by atoms with Gasteiger partial charge in [0.1, 0.15) is 36.9 Å². The third kappa shape index (κ3) is 45.0. The van der Waals surface area contributed by atoms with Gasteiger partial charge in [0.05, 0.1) is 159 Å². The van der Waals surface area contributed by atoms with Crippen molar-refractivity contribution in [3.8, 4) is 11.5 Å². The molecule has 0 aliphatic carbocycles. The molecular formula is C60H109ClN2O23SSi2. The highest BCUT2D eigenvalue weighted by atomic mass is 35.6. The van der Waals surface area contributed by atoms with Crippen LogP contribution in [0.5, 0.6) is 11.5 Å². The van der Waals surface area contributed by atoms with E-state index in [1.807, 2.05) is 23.9 Å². The number of ether oxygens (including phenoxy) is 16. The van der Waals surface area contributed by atoms with Gasteiger partial charge in [-0.2, -0.15) is 11.8 Å². The smallest absolute Gasteiger partial charge is 0.494 e. The standard InChI is InChI=1S/C31H55NO12SSi.C27H46ClNO11Si.2CH4/c1-34-46(35-2,36-3)25-7-24-45-23-6-4-5-12-42-29-10-8-28(9-11-29)32-31(33)44-27-30-26-41-20-19-39-16-15-37-13-14-38-17-18-40-21-22-43-30;1-31-41(28,32-2)21-5-3-4-10-38-25-8-6-24(7-9-25)29-27(30)40-23-26-22-37-18-17-35-14-13-33-11-12-34-15-16-36-19-20-39-26;;/h8-11,30H,4-7,12-27H2,1-3H3,(H,32,33);6-9,26H,3-5,10-23H2,1-2H3,(H,29,30);2*1H4. The SMILES string of the molecule is C.C.CO[Si](CCCSCCCCCOc1ccc(NC(=O)OCC2COCCOCCOCCOCCOCCO2)cc1)(OC)OC.CO[Si](Cl)(CCCCCOc1ccc(NC(=O)OCC2COCCOCCOCCOCCOCCO2)cc1)OC. The summed E-state index contributed by atoms with van der Waals surface area (Å²) in [7, 11) is 3.15. The number of hydrogen-bond donors (Lipinski definition) is 2. The summed E-state index contributed by atoms with van der Waals surface area (Å²) >= 11 is 8.23. The summed E-state index contributed by atoms with van der Waals surface area (Å²) in [6, 6.07) is 15.9. The van der Waals surface area contributed by atoms with Crippen molar-refractivity contribution in [2.24, 2.45) is 0 Å². The van der Waals surface area contributed by atoms with Crippen LogP contribution in [-0.2, 0) is 88.4 Å². The highest BCUT2D eigenvalue weighted by molar-refractivity contribution is 7.99. The maximum Gasteiger partial charge on any atom is 0.500 e. The fourth-order valence-electron chi connectivity index (χ4n) is 7.75. The number of halogens is 1. The zero-order chi connectivity index (χ0) is 62.4. The average molecular weight is 1350 g/mol. The highest BCUT2D eigenvalue weighted by Gasteiger charge is 2.37. The molecular weight excluding hydrogens is 1240 g/mol. The minimum atomic E-state index is -2.52. The van der Waals surface area contributed by atoms with Crippen molar-refractivity contribution in [2.45, 2.75) is 84.1 Å². The number of benzene rings is 2. The minimum absolute atomic E-state index is 0. The molecule has 2 saturated heterocycles. The fourth-order valence-corrected chi connectivity index (χ4v) is 12.3. The van der Waals surface area contributed by atoms with Crippen LogP contribution in [0.3, 0.4) is 0 Å². The number of amides is 2. The van der Waals surface area contributed by atoms with Gasteiger partial charge < -0.3 is 97.9 Å². The van der Waals surface area contributed by atoms with Crippen LogP contribution >= 0.6 is 22.8 Å². The zero-order valence-corrected chi connectivity index (χ0v) is 55.7. The van der Waals surface area contributed by atoms with Crippen LogP contribution in [-0.4, -0.2) is 260 Å². The zero-order valence-electron chi connectivity index (χ0n) is 52.1. The van der Waals surface area contributed by atoms with E-state index in [9.17, 15) is 9.59 Å². The molecule has 2 aliphatic rings. The van der Waals surface area contributed by atoms with E-state index in [-0.39, 0.29) is 41.3 Å². The van der Waals surface area contributed by atoms with Crippen LogP contribution in [0.25, 0.3) is 0 Å². The number of unbranched alkanes of at least 4 members (excludes halogenated alkanes) is 4. The predicted molar refractivity (Wildman–Crippen MR) is 347 cm³/mol. The van der Waals surface area contributed by atoms with Gasteiger partial charge in [-0.25, -0.2) is 9.59 Å². The lowest BCUT2D eigenvalue weighted by Crippen LogP contribution is -2.42. The molecule has 2 heterocycles. The molecule has 29 heteroatoms. The third-order valence-corrected chi connectivity index (χ3v) is 20.3. The summed E-state index contributed by atoms with van der Waals surface area (Å²) in [6.45, 7) is 10.7. The topological polar surface area (TPSA) is 252 Å². The largest absolute Gasteiger partial charge is 0.500 e. The second-order valence-electron chi connectivity index (χ2n) is 19.2. The number of carbonyl (C=O) groups excluding carboxylic acids is 2.